The van der Waals surface area contributed by atoms with Crippen molar-refractivity contribution in [2.24, 2.45) is 7.05 Å². The summed E-state index contributed by atoms with van der Waals surface area (Å²) in [6.45, 7) is 0.396. The van der Waals surface area contributed by atoms with Crippen LogP contribution in [0.25, 0.3) is 0 Å². The number of benzene rings is 1. The number of aromatic nitrogens is 2. The van der Waals surface area contributed by atoms with E-state index in [1.165, 1.54) is 12.1 Å². The zero-order chi connectivity index (χ0) is 13.8. The van der Waals surface area contributed by atoms with E-state index in [1.54, 1.807) is 6.20 Å². The molecule has 2 rings (SSSR count). The number of rotatable bonds is 4. The summed E-state index contributed by atoms with van der Waals surface area (Å²) in [7, 11) is 1.88. The number of carbonyl (C=O) groups excluding carboxylic acids is 1. The summed E-state index contributed by atoms with van der Waals surface area (Å²) >= 11 is 0. The van der Waals surface area contributed by atoms with Gasteiger partial charge in [0.05, 0.1) is 5.56 Å². The first-order valence-corrected chi connectivity index (χ1v) is 5.87. The molecule has 1 heterocycles. The molecule has 0 fully saturated rings. The van der Waals surface area contributed by atoms with Gasteiger partial charge in [0.25, 0.3) is 5.91 Å². The van der Waals surface area contributed by atoms with Crippen molar-refractivity contribution in [3.05, 3.63) is 47.8 Å². The second kappa shape index (κ2) is 5.51. The topological polar surface area (TPSA) is 72.9 Å². The predicted molar refractivity (Wildman–Crippen MR) is 70.1 cm³/mol. The minimum atomic E-state index is -0.616. The number of hydrogen-bond acceptors (Lipinski definition) is 3. The van der Waals surface area contributed by atoms with Crippen LogP contribution < -0.4 is 11.1 Å². The molecule has 1 aromatic carbocycles. The van der Waals surface area contributed by atoms with Crippen LogP contribution in [0, 0.1) is 5.82 Å². The first-order chi connectivity index (χ1) is 9.08. The van der Waals surface area contributed by atoms with Crippen LogP contribution in [0.4, 0.5) is 10.1 Å². The Bertz CT molecular complexity index is 594. The Kier molecular flexibility index (Phi) is 3.79. The average Bonchev–Trinajstić information content (AvgIpc) is 2.75. The molecule has 2 aromatic rings. The molecule has 0 atom stereocenters. The Morgan fingerprint density at radius 3 is 2.95 bits per heavy atom. The molecule has 1 aromatic heterocycles. The second-order valence-corrected chi connectivity index (χ2v) is 4.20. The molecular formula is C13H15FN4O. The van der Waals surface area contributed by atoms with Crippen molar-refractivity contribution in [1.82, 2.24) is 14.9 Å². The fourth-order valence-corrected chi connectivity index (χ4v) is 1.74. The molecule has 0 aliphatic rings. The highest BCUT2D eigenvalue weighted by molar-refractivity contribution is 5.94. The lowest BCUT2D eigenvalue weighted by atomic mass is 10.2. The Labute approximate surface area is 110 Å². The number of nitrogens with one attached hydrogen (secondary N) is 1. The number of anilines is 1. The van der Waals surface area contributed by atoms with E-state index in [-0.39, 0.29) is 5.56 Å². The van der Waals surface area contributed by atoms with Gasteiger partial charge in [-0.2, -0.15) is 0 Å². The van der Waals surface area contributed by atoms with Gasteiger partial charge in [-0.05, 0) is 18.2 Å². The van der Waals surface area contributed by atoms with Crippen LogP contribution in [-0.4, -0.2) is 22.0 Å². The van der Waals surface area contributed by atoms with Crippen LogP contribution in [0.2, 0.25) is 0 Å². The van der Waals surface area contributed by atoms with Crippen molar-refractivity contribution in [3.63, 3.8) is 0 Å². The minimum absolute atomic E-state index is 0.00552. The van der Waals surface area contributed by atoms with E-state index in [1.807, 2.05) is 17.8 Å². The standard InChI is InChI=1S/C13H15FN4O/c1-18-7-6-16-12(18)4-5-17-13(19)10-3-2-9(15)8-11(10)14/h2-3,6-8H,4-5,15H2,1H3,(H,17,19). The average molecular weight is 262 g/mol. The van der Waals surface area contributed by atoms with Gasteiger partial charge in [-0.15, -0.1) is 0 Å². The molecule has 0 bridgehead atoms. The van der Waals surface area contributed by atoms with Gasteiger partial charge in [0.2, 0.25) is 0 Å². The number of hydrogen-bond donors (Lipinski definition) is 2. The predicted octanol–water partition coefficient (Wildman–Crippen LogP) is 1.11. The van der Waals surface area contributed by atoms with Crippen LogP contribution in [0.5, 0.6) is 0 Å². The Morgan fingerprint density at radius 2 is 2.32 bits per heavy atom. The van der Waals surface area contributed by atoms with Crippen molar-refractivity contribution >= 4 is 11.6 Å². The largest absolute Gasteiger partial charge is 0.399 e. The van der Waals surface area contributed by atoms with Crippen molar-refractivity contribution in [1.29, 1.82) is 0 Å². The third-order valence-corrected chi connectivity index (χ3v) is 2.79. The van der Waals surface area contributed by atoms with E-state index < -0.39 is 11.7 Å². The molecule has 0 saturated heterocycles. The first-order valence-electron chi connectivity index (χ1n) is 5.87. The van der Waals surface area contributed by atoms with Crippen LogP contribution in [0.15, 0.2) is 30.6 Å². The molecule has 19 heavy (non-hydrogen) atoms. The van der Waals surface area contributed by atoms with Gasteiger partial charge in [-0.3, -0.25) is 4.79 Å². The fraction of sp³-hybridized carbons (Fsp3) is 0.231. The zero-order valence-corrected chi connectivity index (χ0v) is 10.6. The Hall–Kier alpha value is -2.37. The summed E-state index contributed by atoms with van der Waals surface area (Å²) in [6.07, 6.45) is 4.11. The van der Waals surface area contributed by atoms with Gasteiger partial charge >= 0.3 is 0 Å². The van der Waals surface area contributed by atoms with Crippen LogP contribution in [0.3, 0.4) is 0 Å². The van der Waals surface area contributed by atoms with E-state index in [0.29, 0.717) is 18.7 Å². The van der Waals surface area contributed by atoms with E-state index in [4.69, 9.17) is 5.73 Å². The normalized spacial score (nSPS) is 10.4. The maximum atomic E-state index is 13.5. The maximum absolute atomic E-state index is 13.5. The van der Waals surface area contributed by atoms with Crippen molar-refractivity contribution in [3.8, 4) is 0 Å². The highest BCUT2D eigenvalue weighted by Crippen LogP contribution is 2.11. The summed E-state index contributed by atoms with van der Waals surface area (Å²) in [6, 6.07) is 4.01. The Balaban J connectivity index is 1.93. The van der Waals surface area contributed by atoms with Crippen molar-refractivity contribution in [2.45, 2.75) is 6.42 Å². The van der Waals surface area contributed by atoms with Gasteiger partial charge in [0.1, 0.15) is 11.6 Å². The summed E-state index contributed by atoms with van der Waals surface area (Å²) in [5.41, 5.74) is 5.71. The molecule has 5 nitrogen and oxygen atoms in total. The van der Waals surface area contributed by atoms with Crippen LogP contribution >= 0.6 is 0 Å². The SMILES string of the molecule is Cn1ccnc1CCNC(=O)c1ccc(N)cc1F. The van der Waals surface area contributed by atoms with E-state index in [2.05, 4.69) is 10.3 Å². The smallest absolute Gasteiger partial charge is 0.254 e. The molecule has 1 amide bonds. The molecule has 0 spiro atoms. The first kappa shape index (κ1) is 13.1. The van der Waals surface area contributed by atoms with E-state index in [0.717, 1.165) is 11.9 Å². The van der Waals surface area contributed by atoms with E-state index in [9.17, 15) is 9.18 Å². The second-order valence-electron chi connectivity index (χ2n) is 4.20. The molecule has 100 valence electrons. The number of carbonyl (C=O) groups is 1. The molecular weight excluding hydrogens is 247 g/mol. The molecule has 3 N–H and O–H groups in total. The number of aryl methyl sites for hydroxylation is 1. The summed E-state index contributed by atoms with van der Waals surface area (Å²) in [5.74, 6) is -0.209. The van der Waals surface area contributed by atoms with Gasteiger partial charge in [0, 0.05) is 38.1 Å². The lowest BCUT2D eigenvalue weighted by Crippen LogP contribution is -2.27. The summed E-state index contributed by atoms with van der Waals surface area (Å²) in [5, 5.41) is 2.65. The quantitative estimate of drug-likeness (QED) is 0.811. The minimum Gasteiger partial charge on any atom is -0.399 e. The van der Waals surface area contributed by atoms with Crippen LogP contribution in [0.1, 0.15) is 16.2 Å². The zero-order valence-electron chi connectivity index (χ0n) is 10.6. The molecule has 0 aliphatic heterocycles. The number of halogens is 1. The lowest BCUT2D eigenvalue weighted by molar-refractivity contribution is 0.0950. The third kappa shape index (κ3) is 3.09. The monoisotopic (exact) mass is 262 g/mol. The number of nitrogen functional groups attached to an aromatic ring is 1. The Morgan fingerprint density at radius 1 is 1.53 bits per heavy atom. The fourth-order valence-electron chi connectivity index (χ4n) is 1.74. The summed E-state index contributed by atoms with van der Waals surface area (Å²) < 4.78 is 15.4. The highest BCUT2D eigenvalue weighted by Gasteiger charge is 2.11. The number of nitrogens with two attached hydrogens (primary N) is 1. The molecule has 0 radical (unpaired) electrons. The molecule has 0 unspecified atom stereocenters. The van der Waals surface area contributed by atoms with Gasteiger partial charge in [-0.1, -0.05) is 0 Å². The number of amides is 1. The van der Waals surface area contributed by atoms with Gasteiger partial charge < -0.3 is 15.6 Å². The highest BCUT2D eigenvalue weighted by atomic mass is 19.1. The number of imidazole rings is 1. The lowest BCUT2D eigenvalue weighted by Gasteiger charge is -2.06. The van der Waals surface area contributed by atoms with Crippen LogP contribution in [-0.2, 0) is 13.5 Å². The summed E-state index contributed by atoms with van der Waals surface area (Å²) in [4.78, 5) is 15.9. The molecule has 0 aliphatic carbocycles. The number of nitrogens with zero attached hydrogens (tertiary/aromatic N) is 2. The molecule has 6 heteroatoms. The van der Waals surface area contributed by atoms with Gasteiger partial charge in [-0.25, -0.2) is 9.37 Å². The van der Waals surface area contributed by atoms with E-state index >= 15 is 0 Å². The third-order valence-electron chi connectivity index (χ3n) is 2.79. The molecule has 0 saturated carbocycles. The van der Waals surface area contributed by atoms with Gasteiger partial charge in [0.15, 0.2) is 0 Å². The maximum Gasteiger partial charge on any atom is 0.254 e. The van der Waals surface area contributed by atoms with Crippen molar-refractivity contribution in [2.75, 3.05) is 12.3 Å². The van der Waals surface area contributed by atoms with Crippen molar-refractivity contribution < 1.29 is 9.18 Å².